The van der Waals surface area contributed by atoms with Crippen molar-refractivity contribution in [2.24, 2.45) is 0 Å². The lowest BCUT2D eigenvalue weighted by molar-refractivity contribution is -0.141. The molecule has 4 aromatic carbocycles. The summed E-state index contributed by atoms with van der Waals surface area (Å²) >= 11 is 6.11. The minimum atomic E-state index is -0.849. The van der Waals surface area contributed by atoms with Gasteiger partial charge in [0.15, 0.2) is 11.5 Å². The second-order valence-corrected chi connectivity index (χ2v) is 9.47. The van der Waals surface area contributed by atoms with Gasteiger partial charge in [-0.15, -0.1) is 0 Å². The molecule has 4 rings (SSSR count). The fourth-order valence-corrected chi connectivity index (χ4v) is 4.49. The van der Waals surface area contributed by atoms with Gasteiger partial charge in [0.25, 0.3) is 0 Å². The first-order valence-electron chi connectivity index (χ1n) is 12.6. The van der Waals surface area contributed by atoms with Crippen LogP contribution in [0.3, 0.4) is 0 Å². The number of ether oxygens (including phenoxy) is 2. The molecule has 0 fully saturated rings. The molecule has 6 nitrogen and oxygen atoms in total. The highest BCUT2D eigenvalue weighted by atomic mass is 35.5. The molecule has 0 radical (unpaired) electrons. The van der Waals surface area contributed by atoms with Crippen LogP contribution >= 0.6 is 11.6 Å². The molecule has 0 saturated carbocycles. The Labute approximate surface area is 234 Å². The summed E-state index contributed by atoms with van der Waals surface area (Å²) in [5.74, 6) is 0.641. The molecule has 0 aliphatic rings. The summed E-state index contributed by atoms with van der Waals surface area (Å²) < 4.78 is 10.8. The van der Waals surface area contributed by atoms with Crippen LogP contribution in [0.1, 0.15) is 28.3 Å². The molecule has 1 atom stereocenters. The molecule has 0 saturated heterocycles. The van der Waals surface area contributed by atoms with Gasteiger partial charge in [-0.05, 0) is 46.5 Å². The predicted octanol–water partition coefficient (Wildman–Crippen LogP) is 5.99. The maximum Gasteiger partial charge on any atom is 0.247 e. The average Bonchev–Trinajstić information content (AvgIpc) is 2.97. The lowest BCUT2D eigenvalue weighted by Crippen LogP contribution is -2.43. The second kappa shape index (κ2) is 13.5. The van der Waals surface area contributed by atoms with Crippen molar-refractivity contribution in [1.29, 1.82) is 0 Å². The molecule has 39 heavy (non-hydrogen) atoms. The normalized spacial score (nSPS) is 11.4. The number of hydrogen-bond acceptors (Lipinski definition) is 4. The molecule has 4 aromatic rings. The number of amides is 2. The first kappa shape index (κ1) is 27.7. The fourth-order valence-electron chi connectivity index (χ4n) is 4.37. The smallest absolute Gasteiger partial charge is 0.247 e. The second-order valence-electron chi connectivity index (χ2n) is 9.03. The Morgan fingerprint density at radius 1 is 0.769 bits per heavy atom. The maximum atomic E-state index is 14.0. The third-order valence-electron chi connectivity index (χ3n) is 6.37. The van der Waals surface area contributed by atoms with Crippen LogP contribution < -0.4 is 14.8 Å². The van der Waals surface area contributed by atoms with Crippen molar-refractivity contribution >= 4 is 23.4 Å². The van der Waals surface area contributed by atoms with Crippen LogP contribution in [0.25, 0.3) is 0 Å². The van der Waals surface area contributed by atoms with Crippen molar-refractivity contribution in [1.82, 2.24) is 10.2 Å². The number of carbonyl (C=O) groups excluding carboxylic acids is 2. The molecule has 0 aromatic heterocycles. The number of halogens is 1. The van der Waals surface area contributed by atoms with E-state index in [1.54, 1.807) is 43.4 Å². The number of methoxy groups -OCH3 is 2. The standard InChI is InChI=1S/C32H31ClN2O4/c1-38-28-18-15-25(19-29(28)39-2)20-30(36)35(22-24-13-16-27(33)17-14-24)31(26-11-7-4-8-12-26)32(37)34-21-23-9-5-3-6-10-23/h3-19,31H,20-22H2,1-2H3,(H,34,37)/t31-/m1/s1. The van der Waals surface area contributed by atoms with E-state index in [1.165, 1.54) is 0 Å². The van der Waals surface area contributed by atoms with Gasteiger partial charge in [0, 0.05) is 18.1 Å². The fraction of sp³-hybridized carbons (Fsp3) is 0.188. The summed E-state index contributed by atoms with van der Waals surface area (Å²) in [7, 11) is 3.12. The minimum absolute atomic E-state index is 0.0727. The molecular weight excluding hydrogens is 512 g/mol. The highest BCUT2D eigenvalue weighted by Crippen LogP contribution is 2.29. The maximum absolute atomic E-state index is 14.0. The molecule has 200 valence electrons. The molecule has 0 spiro atoms. The van der Waals surface area contributed by atoms with Crippen LogP contribution in [0.2, 0.25) is 5.02 Å². The first-order valence-corrected chi connectivity index (χ1v) is 13.0. The molecule has 0 unspecified atom stereocenters. The number of nitrogens with zero attached hydrogens (tertiary/aromatic N) is 1. The number of hydrogen-bond donors (Lipinski definition) is 1. The average molecular weight is 543 g/mol. The summed E-state index contributed by atoms with van der Waals surface area (Å²) in [5.41, 5.74) is 3.29. The Morgan fingerprint density at radius 2 is 1.38 bits per heavy atom. The number of nitrogens with one attached hydrogen (secondary N) is 1. The van der Waals surface area contributed by atoms with Crippen molar-refractivity contribution in [3.8, 4) is 11.5 Å². The summed E-state index contributed by atoms with van der Waals surface area (Å²) in [6.45, 7) is 0.573. The molecule has 0 aliphatic carbocycles. The van der Waals surface area contributed by atoms with E-state index >= 15 is 0 Å². The summed E-state index contributed by atoms with van der Waals surface area (Å²) in [5, 5.41) is 3.63. The SMILES string of the molecule is COc1ccc(CC(=O)N(Cc2ccc(Cl)cc2)[C@@H](C(=O)NCc2ccccc2)c2ccccc2)cc1OC. The highest BCUT2D eigenvalue weighted by Gasteiger charge is 2.31. The zero-order valence-electron chi connectivity index (χ0n) is 22.0. The van der Waals surface area contributed by atoms with Crippen LogP contribution in [0.5, 0.6) is 11.5 Å². The lowest BCUT2D eigenvalue weighted by atomic mass is 10.0. The largest absolute Gasteiger partial charge is 0.493 e. The van der Waals surface area contributed by atoms with Gasteiger partial charge in [-0.3, -0.25) is 9.59 Å². The van der Waals surface area contributed by atoms with Crippen molar-refractivity contribution in [2.45, 2.75) is 25.6 Å². The Kier molecular flexibility index (Phi) is 9.59. The van der Waals surface area contributed by atoms with Crippen molar-refractivity contribution in [3.05, 3.63) is 130 Å². The summed E-state index contributed by atoms with van der Waals surface area (Å²) in [6.07, 6.45) is 0.0727. The van der Waals surface area contributed by atoms with Crippen LogP contribution in [-0.4, -0.2) is 30.9 Å². The van der Waals surface area contributed by atoms with Crippen LogP contribution in [0.15, 0.2) is 103 Å². The molecular formula is C32H31ClN2O4. The monoisotopic (exact) mass is 542 g/mol. The zero-order chi connectivity index (χ0) is 27.6. The molecule has 0 heterocycles. The van der Waals surface area contributed by atoms with Crippen molar-refractivity contribution in [3.63, 3.8) is 0 Å². The Morgan fingerprint density at radius 3 is 2.03 bits per heavy atom. The summed E-state index contributed by atoms with van der Waals surface area (Å²) in [6, 6.07) is 30.8. The van der Waals surface area contributed by atoms with E-state index in [0.29, 0.717) is 23.1 Å². The van der Waals surface area contributed by atoms with Gasteiger partial charge in [0.2, 0.25) is 11.8 Å². The molecule has 0 bridgehead atoms. The predicted molar refractivity (Wildman–Crippen MR) is 153 cm³/mol. The van der Waals surface area contributed by atoms with Gasteiger partial charge >= 0.3 is 0 Å². The van der Waals surface area contributed by atoms with E-state index in [9.17, 15) is 9.59 Å². The molecule has 0 aliphatic heterocycles. The van der Waals surface area contributed by atoms with E-state index in [4.69, 9.17) is 21.1 Å². The summed E-state index contributed by atoms with van der Waals surface area (Å²) in [4.78, 5) is 29.4. The minimum Gasteiger partial charge on any atom is -0.493 e. The van der Waals surface area contributed by atoms with Crippen molar-refractivity contribution in [2.75, 3.05) is 14.2 Å². The van der Waals surface area contributed by atoms with E-state index in [1.807, 2.05) is 78.9 Å². The van der Waals surface area contributed by atoms with Gasteiger partial charge in [0.1, 0.15) is 6.04 Å². The van der Waals surface area contributed by atoms with Gasteiger partial charge in [-0.1, -0.05) is 90.5 Å². The van der Waals surface area contributed by atoms with E-state index in [0.717, 1.165) is 22.3 Å². The third kappa shape index (κ3) is 7.39. The third-order valence-corrected chi connectivity index (χ3v) is 6.63. The van der Waals surface area contributed by atoms with Gasteiger partial charge in [-0.25, -0.2) is 0 Å². The first-order chi connectivity index (χ1) is 19.0. The molecule has 7 heteroatoms. The van der Waals surface area contributed by atoms with Crippen LogP contribution in [-0.2, 0) is 29.1 Å². The van der Waals surface area contributed by atoms with E-state index < -0.39 is 6.04 Å². The van der Waals surface area contributed by atoms with Gasteiger partial charge in [0.05, 0.1) is 20.6 Å². The van der Waals surface area contributed by atoms with Crippen LogP contribution in [0.4, 0.5) is 0 Å². The van der Waals surface area contributed by atoms with E-state index in [2.05, 4.69) is 5.32 Å². The Hall–Kier alpha value is -4.29. The molecule has 2 amide bonds. The number of carbonyl (C=O) groups is 2. The number of benzene rings is 4. The topological polar surface area (TPSA) is 67.9 Å². The van der Waals surface area contributed by atoms with Gasteiger partial charge < -0.3 is 19.7 Å². The van der Waals surface area contributed by atoms with E-state index in [-0.39, 0.29) is 24.8 Å². The van der Waals surface area contributed by atoms with Crippen molar-refractivity contribution < 1.29 is 19.1 Å². The van der Waals surface area contributed by atoms with Crippen LogP contribution in [0, 0.1) is 0 Å². The quantitative estimate of drug-likeness (QED) is 0.253. The van der Waals surface area contributed by atoms with Gasteiger partial charge in [-0.2, -0.15) is 0 Å². The molecule has 1 N–H and O–H groups in total. The Bertz CT molecular complexity index is 1380. The lowest BCUT2D eigenvalue weighted by Gasteiger charge is -2.32. The highest BCUT2D eigenvalue weighted by molar-refractivity contribution is 6.30. The number of rotatable bonds is 11. The zero-order valence-corrected chi connectivity index (χ0v) is 22.7. The Balaban J connectivity index is 1.68.